The fourth-order valence-electron chi connectivity index (χ4n) is 3.91. The van der Waals surface area contributed by atoms with Crippen LogP contribution < -0.4 is 4.74 Å². The van der Waals surface area contributed by atoms with E-state index in [1.165, 1.54) is 0 Å². The molecule has 2 aromatic rings. The second kappa shape index (κ2) is 11.2. The van der Waals surface area contributed by atoms with Crippen molar-refractivity contribution in [3.05, 3.63) is 30.0 Å². The Bertz CT molecular complexity index is 941. The summed E-state index contributed by atoms with van der Waals surface area (Å²) in [6.07, 6.45) is 3.40. The molecule has 180 valence electrons. The number of carbonyl (C=O) groups excluding carboxylic acids is 1. The lowest BCUT2D eigenvalue weighted by molar-refractivity contribution is -0.143. The van der Waals surface area contributed by atoms with Crippen molar-refractivity contribution in [2.45, 2.75) is 58.7 Å². The normalized spacial score (nSPS) is 18.2. The Morgan fingerprint density at radius 1 is 1.24 bits per heavy atom. The smallest absolute Gasteiger partial charge is 0.409 e. The highest BCUT2D eigenvalue weighted by Gasteiger charge is 2.28. The monoisotopic (exact) mass is 458 g/mol. The van der Waals surface area contributed by atoms with E-state index in [4.69, 9.17) is 9.47 Å². The maximum Gasteiger partial charge on any atom is 0.409 e. The number of hydrogen-bond acceptors (Lipinski definition) is 6. The topological polar surface area (TPSA) is 107 Å². The molecule has 0 bridgehead atoms. The Labute approximate surface area is 194 Å². The lowest BCUT2D eigenvalue weighted by Crippen LogP contribution is -2.29. The van der Waals surface area contributed by atoms with Crippen LogP contribution in [0.3, 0.4) is 0 Å². The first-order valence-corrected chi connectivity index (χ1v) is 11.5. The molecule has 1 aliphatic rings. The van der Waals surface area contributed by atoms with Crippen molar-refractivity contribution < 1.29 is 24.2 Å². The maximum atomic E-state index is 12.3. The number of aromatic nitrogens is 3. The molecule has 0 aliphatic heterocycles. The van der Waals surface area contributed by atoms with Crippen LogP contribution in [-0.4, -0.2) is 56.8 Å². The fourth-order valence-corrected chi connectivity index (χ4v) is 3.91. The fraction of sp³-hybridized carbons (Fsp3) is 0.583. The Kier molecular flexibility index (Phi) is 8.30. The number of aryl methyl sites for hydroxylation is 1. The molecule has 1 fully saturated rings. The Morgan fingerprint density at radius 3 is 2.64 bits per heavy atom. The number of rotatable bonds is 9. The van der Waals surface area contributed by atoms with E-state index in [9.17, 15) is 14.7 Å². The van der Waals surface area contributed by atoms with Gasteiger partial charge in [-0.2, -0.15) is 0 Å². The lowest BCUT2D eigenvalue weighted by Gasteiger charge is -2.27. The molecule has 1 N–H and O–H groups in total. The van der Waals surface area contributed by atoms with Crippen molar-refractivity contribution in [2.24, 2.45) is 18.9 Å². The molecular formula is C24H34N4O5. The number of hydrogen-bond donors (Lipinski definition) is 1. The molecule has 1 aromatic carbocycles. The van der Waals surface area contributed by atoms with E-state index in [-0.39, 0.29) is 24.7 Å². The van der Waals surface area contributed by atoms with Gasteiger partial charge in [-0.3, -0.25) is 4.79 Å². The summed E-state index contributed by atoms with van der Waals surface area (Å²) in [6.45, 7) is 4.94. The molecule has 9 heteroatoms. The van der Waals surface area contributed by atoms with Gasteiger partial charge < -0.3 is 19.5 Å². The number of benzene rings is 1. The molecule has 33 heavy (non-hydrogen) atoms. The summed E-state index contributed by atoms with van der Waals surface area (Å²) in [5.41, 5.74) is 2.18. The van der Waals surface area contributed by atoms with E-state index in [0.717, 1.165) is 24.8 Å². The van der Waals surface area contributed by atoms with Gasteiger partial charge in [0.15, 0.2) is 0 Å². The van der Waals surface area contributed by atoms with Crippen LogP contribution in [0.15, 0.2) is 24.3 Å². The van der Waals surface area contributed by atoms with Gasteiger partial charge in [0.05, 0.1) is 12.0 Å². The van der Waals surface area contributed by atoms with Crippen LogP contribution >= 0.6 is 0 Å². The first kappa shape index (κ1) is 24.5. The Balaban J connectivity index is 1.61. The van der Waals surface area contributed by atoms with Gasteiger partial charge in [-0.05, 0) is 62.3 Å². The summed E-state index contributed by atoms with van der Waals surface area (Å²) in [6, 6.07) is 7.47. The van der Waals surface area contributed by atoms with Crippen LogP contribution in [-0.2, 0) is 23.2 Å². The van der Waals surface area contributed by atoms with Gasteiger partial charge in [0.25, 0.3) is 0 Å². The molecule has 0 radical (unpaired) electrons. The SMILES string of the molecule is CC(C)CCN(C)C(=O)OCc1c(-c2ccc(O[C@@H]3CCC[C@@H](C(=O)O)C3)cc2)nnn1C. The second-order valence-corrected chi connectivity index (χ2v) is 9.13. The molecule has 1 aromatic heterocycles. The molecule has 1 saturated carbocycles. The van der Waals surface area contributed by atoms with Gasteiger partial charge in [0.2, 0.25) is 0 Å². The van der Waals surface area contributed by atoms with E-state index >= 15 is 0 Å². The predicted octanol–water partition coefficient (Wildman–Crippen LogP) is 4.12. The molecule has 1 amide bonds. The minimum atomic E-state index is -0.749. The van der Waals surface area contributed by atoms with Crippen LogP contribution in [0.4, 0.5) is 4.79 Å². The molecule has 0 saturated heterocycles. The molecule has 0 spiro atoms. The number of aliphatic carboxylic acids is 1. The van der Waals surface area contributed by atoms with Gasteiger partial charge in [-0.15, -0.1) is 5.10 Å². The van der Waals surface area contributed by atoms with Gasteiger partial charge in [-0.25, -0.2) is 9.48 Å². The third-order valence-electron chi connectivity index (χ3n) is 6.03. The average Bonchev–Trinajstić information content (AvgIpc) is 3.16. The van der Waals surface area contributed by atoms with Crippen LogP contribution in [0.25, 0.3) is 11.3 Å². The zero-order valence-corrected chi connectivity index (χ0v) is 19.9. The summed E-state index contributed by atoms with van der Waals surface area (Å²) >= 11 is 0. The van der Waals surface area contributed by atoms with Gasteiger partial charge in [0, 0.05) is 26.2 Å². The molecular weight excluding hydrogens is 424 g/mol. The zero-order chi connectivity index (χ0) is 24.0. The highest BCUT2D eigenvalue weighted by atomic mass is 16.6. The third kappa shape index (κ3) is 6.69. The second-order valence-electron chi connectivity index (χ2n) is 9.13. The first-order chi connectivity index (χ1) is 15.7. The number of carbonyl (C=O) groups is 2. The largest absolute Gasteiger partial charge is 0.490 e. The quantitative estimate of drug-likeness (QED) is 0.602. The van der Waals surface area contributed by atoms with Crippen molar-refractivity contribution in [2.75, 3.05) is 13.6 Å². The standard InChI is InChI=1S/C24H34N4O5/c1-16(2)12-13-27(3)24(31)32-15-21-22(25-26-28(21)4)17-8-10-19(11-9-17)33-20-7-5-6-18(14-20)23(29)30/h8-11,16,18,20H,5-7,12-15H2,1-4H3,(H,29,30)/t18-,20-/m1/s1. The van der Waals surface area contributed by atoms with E-state index in [1.807, 2.05) is 24.3 Å². The highest BCUT2D eigenvalue weighted by Crippen LogP contribution is 2.29. The summed E-state index contributed by atoms with van der Waals surface area (Å²) in [7, 11) is 3.50. The molecule has 1 heterocycles. The number of carboxylic acids is 1. The van der Waals surface area contributed by atoms with Crippen molar-refractivity contribution in [3.8, 4) is 17.0 Å². The van der Waals surface area contributed by atoms with Gasteiger partial charge >= 0.3 is 12.1 Å². The lowest BCUT2D eigenvalue weighted by atomic mass is 9.87. The van der Waals surface area contributed by atoms with Crippen LogP contribution in [0.5, 0.6) is 5.75 Å². The number of amides is 1. The average molecular weight is 459 g/mol. The van der Waals surface area contributed by atoms with Crippen molar-refractivity contribution in [1.29, 1.82) is 0 Å². The van der Waals surface area contributed by atoms with Crippen LogP contribution in [0.1, 0.15) is 51.6 Å². The van der Waals surface area contributed by atoms with Crippen LogP contribution in [0, 0.1) is 11.8 Å². The highest BCUT2D eigenvalue weighted by molar-refractivity contribution is 5.70. The number of ether oxygens (including phenoxy) is 2. The molecule has 3 rings (SSSR count). The van der Waals surface area contributed by atoms with E-state index < -0.39 is 5.97 Å². The predicted molar refractivity (Wildman–Crippen MR) is 123 cm³/mol. The summed E-state index contributed by atoms with van der Waals surface area (Å²) < 4.78 is 13.1. The Hall–Kier alpha value is -3.10. The van der Waals surface area contributed by atoms with Crippen molar-refractivity contribution in [3.63, 3.8) is 0 Å². The van der Waals surface area contributed by atoms with Crippen LogP contribution in [0.2, 0.25) is 0 Å². The molecule has 2 atom stereocenters. The van der Waals surface area contributed by atoms with Gasteiger partial charge in [-0.1, -0.05) is 19.1 Å². The maximum absolute atomic E-state index is 12.3. The molecule has 9 nitrogen and oxygen atoms in total. The van der Waals surface area contributed by atoms with E-state index in [0.29, 0.717) is 42.4 Å². The zero-order valence-electron chi connectivity index (χ0n) is 19.9. The summed E-state index contributed by atoms with van der Waals surface area (Å²) in [5, 5.41) is 17.6. The third-order valence-corrected chi connectivity index (χ3v) is 6.03. The Morgan fingerprint density at radius 2 is 1.97 bits per heavy atom. The minimum Gasteiger partial charge on any atom is -0.490 e. The molecule has 0 unspecified atom stereocenters. The minimum absolute atomic E-state index is 0.0700. The van der Waals surface area contributed by atoms with Crippen molar-refractivity contribution in [1.82, 2.24) is 19.9 Å². The van der Waals surface area contributed by atoms with Gasteiger partial charge in [0.1, 0.15) is 23.7 Å². The van der Waals surface area contributed by atoms with Crippen molar-refractivity contribution >= 4 is 12.1 Å². The summed E-state index contributed by atoms with van der Waals surface area (Å²) in [4.78, 5) is 25.2. The first-order valence-electron chi connectivity index (χ1n) is 11.5. The number of nitrogens with zero attached hydrogens (tertiary/aromatic N) is 4. The molecule has 1 aliphatic carbocycles. The van der Waals surface area contributed by atoms with E-state index in [1.54, 1.807) is 23.7 Å². The van der Waals surface area contributed by atoms with E-state index in [2.05, 4.69) is 24.2 Å². The summed E-state index contributed by atoms with van der Waals surface area (Å²) in [5.74, 6) is 0.119. The number of carboxylic acid groups (broad SMARTS) is 1.